The lowest BCUT2D eigenvalue weighted by atomic mass is 10.1. The van der Waals surface area contributed by atoms with Gasteiger partial charge in [-0.25, -0.2) is 0 Å². The maximum atomic E-state index is 12.4. The van der Waals surface area contributed by atoms with E-state index in [0.29, 0.717) is 0 Å². The van der Waals surface area contributed by atoms with Gasteiger partial charge in [0.2, 0.25) is 11.8 Å². The number of hydrogen-bond donors (Lipinski definition) is 2. The summed E-state index contributed by atoms with van der Waals surface area (Å²) in [5, 5.41) is 5.38. The highest BCUT2D eigenvalue weighted by molar-refractivity contribution is 8.00. The maximum absolute atomic E-state index is 12.4. The molecule has 0 heterocycles. The van der Waals surface area contributed by atoms with Crippen molar-refractivity contribution in [3.05, 3.63) is 58.7 Å². The summed E-state index contributed by atoms with van der Waals surface area (Å²) in [5.41, 5.74) is 5.67. The van der Waals surface area contributed by atoms with Gasteiger partial charge in [-0.15, -0.1) is 11.8 Å². The fraction of sp³-hybridized carbons (Fsp3) is 0.364. The highest BCUT2D eigenvalue weighted by atomic mass is 32.2. The Kier molecular flexibility index (Phi) is 6.22. The molecule has 0 aromatic heterocycles. The molecule has 1 aliphatic carbocycles. The predicted molar refractivity (Wildman–Crippen MR) is 111 cm³/mol. The van der Waals surface area contributed by atoms with Crippen LogP contribution in [-0.4, -0.2) is 23.6 Å². The molecule has 0 fully saturated rings. The molecule has 1 atom stereocenters. The van der Waals surface area contributed by atoms with Crippen molar-refractivity contribution in [1.29, 1.82) is 0 Å². The average molecular weight is 383 g/mol. The summed E-state index contributed by atoms with van der Waals surface area (Å²) in [5.74, 6) is -0.340. The summed E-state index contributed by atoms with van der Waals surface area (Å²) in [4.78, 5) is 25.7. The third-order valence-corrected chi connectivity index (χ3v) is 6.01. The second-order valence-corrected chi connectivity index (χ2v) is 8.49. The van der Waals surface area contributed by atoms with Gasteiger partial charge in [-0.2, -0.15) is 0 Å². The monoisotopic (exact) mass is 382 g/mol. The van der Waals surface area contributed by atoms with Crippen molar-refractivity contribution >= 4 is 29.3 Å². The van der Waals surface area contributed by atoms with Crippen LogP contribution in [0.3, 0.4) is 0 Å². The number of carbonyl (C=O) groups excluding carboxylic acids is 2. The second kappa shape index (κ2) is 8.61. The topological polar surface area (TPSA) is 58.2 Å². The number of aryl methyl sites for hydroxylation is 4. The molecule has 0 bridgehead atoms. The Morgan fingerprint density at radius 3 is 2.52 bits per heavy atom. The third-order valence-electron chi connectivity index (χ3n) is 4.92. The van der Waals surface area contributed by atoms with Crippen LogP contribution in [0.4, 0.5) is 5.69 Å². The zero-order chi connectivity index (χ0) is 19.4. The fourth-order valence-electron chi connectivity index (χ4n) is 3.39. The van der Waals surface area contributed by atoms with Crippen molar-refractivity contribution in [3.63, 3.8) is 0 Å². The van der Waals surface area contributed by atoms with E-state index in [1.807, 2.05) is 39.0 Å². The molecule has 27 heavy (non-hydrogen) atoms. The number of rotatable bonds is 6. The molecule has 2 N–H and O–H groups in total. The summed E-state index contributed by atoms with van der Waals surface area (Å²) < 4.78 is 0. The third kappa shape index (κ3) is 4.92. The minimum absolute atomic E-state index is 0.0261. The zero-order valence-electron chi connectivity index (χ0n) is 16.1. The van der Waals surface area contributed by atoms with Crippen molar-refractivity contribution in [2.45, 2.75) is 50.2 Å². The van der Waals surface area contributed by atoms with E-state index in [4.69, 9.17) is 0 Å². The van der Waals surface area contributed by atoms with Crippen molar-refractivity contribution in [1.82, 2.24) is 5.32 Å². The number of thioether (sulfide) groups is 1. The molecule has 0 aliphatic heterocycles. The SMILES string of the molecule is Cc1cccc(C)c1NC(=O)CNC(=O)[C@@H](C)Sc1ccc2c(c1)CCC2. The Hall–Kier alpha value is -2.27. The molecule has 2 amide bonds. The lowest BCUT2D eigenvalue weighted by molar-refractivity contribution is -0.123. The van der Waals surface area contributed by atoms with E-state index in [0.717, 1.165) is 34.6 Å². The van der Waals surface area contributed by atoms with Crippen LogP contribution in [0.25, 0.3) is 0 Å². The number of fused-ring (bicyclic) bond motifs is 1. The van der Waals surface area contributed by atoms with Gasteiger partial charge >= 0.3 is 0 Å². The fourth-order valence-corrected chi connectivity index (χ4v) is 4.34. The quantitative estimate of drug-likeness (QED) is 0.742. The number of carbonyl (C=O) groups is 2. The standard InChI is InChI=1S/C22H26N2O2S/c1-14-6-4-7-15(2)21(14)24-20(25)13-23-22(26)16(3)27-19-11-10-17-8-5-9-18(17)12-19/h4,6-7,10-12,16H,5,8-9,13H2,1-3H3,(H,23,26)(H,24,25)/t16-/m1/s1. The van der Waals surface area contributed by atoms with Gasteiger partial charge in [-0.05, 0) is 74.4 Å². The molecule has 4 nitrogen and oxygen atoms in total. The van der Waals surface area contributed by atoms with E-state index in [1.54, 1.807) is 0 Å². The van der Waals surface area contributed by atoms with Gasteiger partial charge in [0.05, 0.1) is 11.8 Å². The molecular weight excluding hydrogens is 356 g/mol. The second-order valence-electron chi connectivity index (χ2n) is 7.08. The summed E-state index contributed by atoms with van der Waals surface area (Å²) in [7, 11) is 0. The van der Waals surface area contributed by atoms with Crippen molar-refractivity contribution < 1.29 is 9.59 Å². The summed E-state index contributed by atoms with van der Waals surface area (Å²) in [6, 6.07) is 12.3. The normalized spacial score (nSPS) is 13.7. The highest BCUT2D eigenvalue weighted by Gasteiger charge is 2.17. The Morgan fingerprint density at radius 1 is 1.07 bits per heavy atom. The van der Waals surface area contributed by atoms with Crippen LogP contribution in [0.15, 0.2) is 41.3 Å². The molecule has 0 saturated carbocycles. The number of amides is 2. The largest absolute Gasteiger partial charge is 0.346 e. The van der Waals surface area contributed by atoms with Crippen molar-refractivity contribution in [2.75, 3.05) is 11.9 Å². The first-order valence-corrected chi connectivity index (χ1v) is 10.2. The summed E-state index contributed by atoms with van der Waals surface area (Å²) in [6.45, 7) is 5.76. The summed E-state index contributed by atoms with van der Waals surface area (Å²) in [6.07, 6.45) is 3.50. The predicted octanol–water partition coefficient (Wildman–Crippen LogP) is 4.03. The zero-order valence-corrected chi connectivity index (χ0v) is 16.9. The Labute approximate surface area is 165 Å². The molecule has 0 saturated heterocycles. The molecule has 0 radical (unpaired) electrons. The number of hydrogen-bond acceptors (Lipinski definition) is 3. The van der Waals surface area contributed by atoms with E-state index in [2.05, 4.69) is 28.8 Å². The van der Waals surface area contributed by atoms with Crippen LogP contribution in [0.1, 0.15) is 35.6 Å². The minimum atomic E-state index is -0.252. The van der Waals surface area contributed by atoms with E-state index in [9.17, 15) is 9.59 Å². The first-order valence-electron chi connectivity index (χ1n) is 9.36. The molecular formula is C22H26N2O2S. The van der Waals surface area contributed by atoms with Gasteiger partial charge in [0, 0.05) is 10.6 Å². The molecule has 5 heteroatoms. The number of nitrogens with one attached hydrogen (secondary N) is 2. The van der Waals surface area contributed by atoms with Gasteiger partial charge in [0.1, 0.15) is 0 Å². The van der Waals surface area contributed by atoms with Crippen LogP contribution >= 0.6 is 11.8 Å². The van der Waals surface area contributed by atoms with E-state index in [-0.39, 0.29) is 23.6 Å². The highest BCUT2D eigenvalue weighted by Crippen LogP contribution is 2.29. The number of benzene rings is 2. The number of para-hydroxylation sites is 1. The van der Waals surface area contributed by atoms with Crippen LogP contribution < -0.4 is 10.6 Å². The Bertz CT molecular complexity index is 843. The van der Waals surface area contributed by atoms with Gasteiger partial charge in [-0.3, -0.25) is 9.59 Å². The minimum Gasteiger partial charge on any atom is -0.346 e. The molecule has 2 aromatic carbocycles. The van der Waals surface area contributed by atoms with E-state index < -0.39 is 0 Å². The Morgan fingerprint density at radius 2 is 1.78 bits per heavy atom. The molecule has 2 aromatic rings. The number of anilines is 1. The van der Waals surface area contributed by atoms with Crippen molar-refractivity contribution in [2.24, 2.45) is 0 Å². The van der Waals surface area contributed by atoms with Crippen LogP contribution in [-0.2, 0) is 22.4 Å². The molecule has 0 unspecified atom stereocenters. The average Bonchev–Trinajstić information content (AvgIpc) is 3.10. The smallest absolute Gasteiger partial charge is 0.243 e. The Balaban J connectivity index is 1.50. The van der Waals surface area contributed by atoms with Gasteiger partial charge in [0.15, 0.2) is 0 Å². The molecule has 1 aliphatic rings. The molecule has 3 rings (SSSR count). The van der Waals surface area contributed by atoms with Crippen molar-refractivity contribution in [3.8, 4) is 0 Å². The van der Waals surface area contributed by atoms with Crippen LogP contribution in [0.5, 0.6) is 0 Å². The van der Waals surface area contributed by atoms with Crippen LogP contribution in [0.2, 0.25) is 0 Å². The lowest BCUT2D eigenvalue weighted by Crippen LogP contribution is -2.37. The molecule has 0 spiro atoms. The van der Waals surface area contributed by atoms with Gasteiger partial charge in [0.25, 0.3) is 0 Å². The van der Waals surface area contributed by atoms with Crippen LogP contribution in [0, 0.1) is 13.8 Å². The van der Waals surface area contributed by atoms with Gasteiger partial charge in [-0.1, -0.05) is 24.3 Å². The first-order chi connectivity index (χ1) is 12.9. The maximum Gasteiger partial charge on any atom is 0.243 e. The lowest BCUT2D eigenvalue weighted by Gasteiger charge is -2.14. The van der Waals surface area contributed by atoms with Gasteiger partial charge < -0.3 is 10.6 Å². The van der Waals surface area contributed by atoms with E-state index in [1.165, 1.54) is 29.3 Å². The first kappa shape index (κ1) is 19.5. The summed E-state index contributed by atoms with van der Waals surface area (Å²) >= 11 is 1.53. The van der Waals surface area contributed by atoms with E-state index >= 15 is 0 Å². The molecule has 142 valence electrons.